The Morgan fingerprint density at radius 3 is 2.33 bits per heavy atom. The Bertz CT molecular complexity index is 398. The molecule has 1 aliphatic rings. The van der Waals surface area contributed by atoms with E-state index in [9.17, 15) is 19.2 Å². The second kappa shape index (κ2) is 5.95. The summed E-state index contributed by atoms with van der Waals surface area (Å²) >= 11 is 0. The number of carboxylic acids is 1. The molecule has 0 spiro atoms. The summed E-state index contributed by atoms with van der Waals surface area (Å²) in [7, 11) is 0. The lowest BCUT2D eigenvalue weighted by molar-refractivity contribution is -0.139. The highest BCUT2D eigenvalue weighted by atomic mass is 16.4. The Morgan fingerprint density at radius 1 is 1.28 bits per heavy atom. The van der Waals surface area contributed by atoms with E-state index in [1.54, 1.807) is 6.92 Å². The minimum atomic E-state index is -1.05. The maximum atomic E-state index is 11.3. The normalized spacial score (nSPS) is 15.9. The smallest absolute Gasteiger partial charge is 0.303 e. The largest absolute Gasteiger partial charge is 0.481 e. The molecule has 1 heterocycles. The van der Waals surface area contributed by atoms with Crippen LogP contribution < -0.4 is 5.32 Å². The van der Waals surface area contributed by atoms with Gasteiger partial charge in [-0.1, -0.05) is 0 Å². The number of rotatable bonds is 6. The van der Waals surface area contributed by atoms with E-state index >= 15 is 0 Å². The Kier molecular flexibility index (Phi) is 4.59. The molecular weight excluding hydrogens is 240 g/mol. The van der Waals surface area contributed by atoms with Crippen molar-refractivity contribution in [2.75, 3.05) is 6.54 Å². The molecule has 0 bridgehead atoms. The van der Waals surface area contributed by atoms with Gasteiger partial charge in [-0.15, -0.1) is 0 Å². The molecule has 0 aliphatic carbocycles. The molecule has 2 N–H and O–H groups in total. The standard InChI is InChI=1S/C11H14N2O5/c1-7(13-9(15)3-4-10(13)16)6-12-8(14)2-5-11(17)18/h3-4,7H,2,5-6H2,1H3,(H,12,14)(H,17,18). The highest BCUT2D eigenvalue weighted by molar-refractivity contribution is 6.13. The van der Waals surface area contributed by atoms with Crippen LogP contribution in [0.15, 0.2) is 12.2 Å². The molecule has 0 fully saturated rings. The average molecular weight is 254 g/mol. The van der Waals surface area contributed by atoms with Crippen LogP contribution in [0, 0.1) is 0 Å². The van der Waals surface area contributed by atoms with E-state index in [4.69, 9.17) is 5.11 Å². The average Bonchev–Trinajstić information content (AvgIpc) is 2.63. The molecule has 18 heavy (non-hydrogen) atoms. The van der Waals surface area contributed by atoms with Gasteiger partial charge in [0, 0.05) is 25.1 Å². The molecule has 7 nitrogen and oxygen atoms in total. The van der Waals surface area contributed by atoms with Crippen LogP contribution in [0.2, 0.25) is 0 Å². The summed E-state index contributed by atoms with van der Waals surface area (Å²) in [6.07, 6.45) is 1.97. The Hall–Kier alpha value is -2.18. The van der Waals surface area contributed by atoms with Crippen molar-refractivity contribution in [3.8, 4) is 0 Å². The first-order valence-corrected chi connectivity index (χ1v) is 5.45. The van der Waals surface area contributed by atoms with E-state index in [1.165, 1.54) is 12.2 Å². The molecule has 0 radical (unpaired) electrons. The van der Waals surface area contributed by atoms with Gasteiger partial charge in [-0.2, -0.15) is 0 Å². The number of nitrogens with one attached hydrogen (secondary N) is 1. The van der Waals surface area contributed by atoms with E-state index in [-0.39, 0.29) is 19.4 Å². The van der Waals surface area contributed by atoms with E-state index in [1.807, 2.05) is 0 Å². The van der Waals surface area contributed by atoms with Crippen LogP contribution in [-0.4, -0.2) is 46.3 Å². The Balaban J connectivity index is 2.35. The molecule has 0 aromatic rings. The van der Waals surface area contributed by atoms with Crippen LogP contribution in [-0.2, 0) is 19.2 Å². The van der Waals surface area contributed by atoms with Gasteiger partial charge >= 0.3 is 5.97 Å². The third-order valence-corrected chi connectivity index (χ3v) is 2.44. The summed E-state index contributed by atoms with van der Waals surface area (Å²) in [6, 6.07) is -0.464. The first-order valence-electron chi connectivity index (χ1n) is 5.45. The monoisotopic (exact) mass is 254 g/mol. The van der Waals surface area contributed by atoms with Crippen LogP contribution in [0.4, 0.5) is 0 Å². The molecule has 0 aromatic carbocycles. The molecule has 7 heteroatoms. The SMILES string of the molecule is CC(CNC(=O)CCC(=O)O)N1C(=O)C=CC1=O. The Labute approximate surface area is 103 Å². The molecule has 1 rings (SSSR count). The van der Waals surface area contributed by atoms with E-state index in [0.29, 0.717) is 0 Å². The number of carbonyl (C=O) groups excluding carboxylic acids is 3. The lowest BCUT2D eigenvalue weighted by Crippen LogP contribution is -2.45. The van der Waals surface area contributed by atoms with Crippen LogP contribution in [0.5, 0.6) is 0 Å². The van der Waals surface area contributed by atoms with Crippen LogP contribution in [0.3, 0.4) is 0 Å². The maximum Gasteiger partial charge on any atom is 0.303 e. The number of carboxylic acid groups (broad SMARTS) is 1. The molecule has 1 unspecified atom stereocenters. The third-order valence-electron chi connectivity index (χ3n) is 2.44. The summed E-state index contributed by atoms with van der Waals surface area (Å²) in [6.45, 7) is 1.73. The highest BCUT2D eigenvalue weighted by Crippen LogP contribution is 2.08. The summed E-state index contributed by atoms with van der Waals surface area (Å²) in [5, 5.41) is 10.9. The number of aliphatic carboxylic acids is 1. The van der Waals surface area contributed by atoms with Gasteiger partial charge in [0.15, 0.2) is 0 Å². The fraction of sp³-hybridized carbons (Fsp3) is 0.455. The quantitative estimate of drug-likeness (QED) is 0.609. The summed E-state index contributed by atoms with van der Waals surface area (Å²) in [5.74, 6) is -2.29. The van der Waals surface area contributed by atoms with Gasteiger partial charge in [0.1, 0.15) is 0 Å². The summed E-state index contributed by atoms with van der Waals surface area (Å²) in [4.78, 5) is 45.2. The van der Waals surface area contributed by atoms with E-state index in [0.717, 1.165) is 4.90 Å². The van der Waals surface area contributed by atoms with E-state index in [2.05, 4.69) is 5.32 Å². The van der Waals surface area contributed by atoms with Gasteiger partial charge in [0.25, 0.3) is 11.8 Å². The zero-order chi connectivity index (χ0) is 13.7. The van der Waals surface area contributed by atoms with Crippen molar-refractivity contribution >= 4 is 23.7 Å². The number of imide groups is 1. The van der Waals surface area contributed by atoms with Crippen molar-refractivity contribution in [2.45, 2.75) is 25.8 Å². The first-order chi connectivity index (χ1) is 8.41. The second-order valence-corrected chi connectivity index (χ2v) is 3.93. The third kappa shape index (κ3) is 3.69. The number of hydrogen-bond acceptors (Lipinski definition) is 4. The van der Waals surface area contributed by atoms with Gasteiger partial charge in [-0.05, 0) is 6.92 Å². The summed E-state index contributed by atoms with van der Waals surface area (Å²) < 4.78 is 0. The molecule has 98 valence electrons. The summed E-state index contributed by atoms with van der Waals surface area (Å²) in [5.41, 5.74) is 0. The lowest BCUT2D eigenvalue weighted by Gasteiger charge is -2.22. The molecule has 1 atom stereocenters. The zero-order valence-electron chi connectivity index (χ0n) is 9.88. The minimum Gasteiger partial charge on any atom is -0.481 e. The maximum absolute atomic E-state index is 11.3. The lowest BCUT2D eigenvalue weighted by atomic mass is 10.2. The van der Waals surface area contributed by atoms with Crippen LogP contribution in [0.1, 0.15) is 19.8 Å². The van der Waals surface area contributed by atoms with Crippen molar-refractivity contribution in [1.82, 2.24) is 10.2 Å². The molecule has 0 saturated carbocycles. The molecule has 0 aromatic heterocycles. The van der Waals surface area contributed by atoms with Crippen molar-refractivity contribution in [3.63, 3.8) is 0 Å². The number of amides is 3. The molecular formula is C11H14N2O5. The predicted octanol–water partition coefficient (Wildman–Crippen LogP) is -0.719. The predicted molar refractivity (Wildman–Crippen MR) is 60.3 cm³/mol. The zero-order valence-corrected chi connectivity index (χ0v) is 9.88. The topological polar surface area (TPSA) is 104 Å². The molecule has 1 aliphatic heterocycles. The van der Waals surface area contributed by atoms with Crippen molar-refractivity contribution in [3.05, 3.63) is 12.2 Å². The Morgan fingerprint density at radius 2 is 1.83 bits per heavy atom. The van der Waals surface area contributed by atoms with Gasteiger partial charge < -0.3 is 10.4 Å². The first kappa shape index (κ1) is 13.9. The molecule has 0 saturated heterocycles. The number of nitrogens with zero attached hydrogens (tertiary/aromatic N) is 1. The minimum absolute atomic E-state index is 0.109. The number of hydrogen-bond donors (Lipinski definition) is 2. The van der Waals surface area contributed by atoms with Gasteiger partial charge in [-0.3, -0.25) is 24.1 Å². The van der Waals surface area contributed by atoms with Crippen molar-refractivity contribution in [2.24, 2.45) is 0 Å². The molecule has 3 amide bonds. The van der Waals surface area contributed by atoms with E-state index < -0.39 is 29.7 Å². The van der Waals surface area contributed by atoms with Crippen molar-refractivity contribution in [1.29, 1.82) is 0 Å². The second-order valence-electron chi connectivity index (χ2n) is 3.93. The number of carbonyl (C=O) groups is 4. The highest BCUT2D eigenvalue weighted by Gasteiger charge is 2.28. The van der Waals surface area contributed by atoms with Crippen LogP contribution >= 0.6 is 0 Å². The van der Waals surface area contributed by atoms with Crippen LogP contribution in [0.25, 0.3) is 0 Å². The fourth-order valence-electron chi connectivity index (χ4n) is 1.51. The van der Waals surface area contributed by atoms with Gasteiger partial charge in [-0.25, -0.2) is 0 Å². The van der Waals surface area contributed by atoms with Gasteiger partial charge in [0.05, 0.1) is 12.5 Å². The van der Waals surface area contributed by atoms with Gasteiger partial charge in [0.2, 0.25) is 5.91 Å². The fourth-order valence-corrected chi connectivity index (χ4v) is 1.51. The van der Waals surface area contributed by atoms with Crippen molar-refractivity contribution < 1.29 is 24.3 Å².